The van der Waals surface area contributed by atoms with Crippen molar-refractivity contribution < 1.29 is 9.22 Å². The molecule has 0 spiro atoms. The standard InChI is InChI=1S/C11H23BrO2Si/c1-8(2)15(9(3)4,10(5)6)14-11(13)7-12/h8-10H,7H2,1-6H3. The van der Waals surface area contributed by atoms with E-state index in [0.717, 1.165) is 0 Å². The lowest BCUT2D eigenvalue weighted by molar-refractivity contribution is -0.132. The summed E-state index contributed by atoms with van der Waals surface area (Å²) in [5, 5.41) is 0.300. The molecule has 0 heterocycles. The molecular formula is C11H23BrO2Si. The zero-order chi connectivity index (χ0) is 12.2. The van der Waals surface area contributed by atoms with Crippen molar-refractivity contribution in [2.75, 3.05) is 5.33 Å². The fourth-order valence-electron chi connectivity index (χ4n) is 2.58. The van der Waals surface area contributed by atoms with Crippen LogP contribution in [-0.2, 0) is 9.22 Å². The van der Waals surface area contributed by atoms with Gasteiger partial charge in [-0.15, -0.1) is 0 Å². The third kappa shape index (κ3) is 3.31. The minimum atomic E-state index is -1.99. The number of hydrogen-bond acceptors (Lipinski definition) is 2. The van der Waals surface area contributed by atoms with Gasteiger partial charge in [0.1, 0.15) is 0 Å². The highest BCUT2D eigenvalue weighted by atomic mass is 79.9. The predicted octanol–water partition coefficient (Wildman–Crippen LogP) is 4.10. The molecule has 0 radical (unpaired) electrons. The molecule has 0 aliphatic carbocycles. The molecule has 0 aliphatic heterocycles. The fraction of sp³-hybridized carbons (Fsp3) is 0.909. The summed E-state index contributed by atoms with van der Waals surface area (Å²) in [6.45, 7) is 13.0. The molecule has 2 nitrogen and oxygen atoms in total. The minimum absolute atomic E-state index is 0.113. The van der Waals surface area contributed by atoms with Crippen LogP contribution in [0.25, 0.3) is 0 Å². The van der Waals surface area contributed by atoms with Crippen LogP contribution in [0.15, 0.2) is 0 Å². The van der Waals surface area contributed by atoms with Gasteiger partial charge < -0.3 is 4.43 Å². The molecule has 0 fully saturated rings. The van der Waals surface area contributed by atoms with Crippen molar-refractivity contribution in [3.05, 3.63) is 0 Å². The van der Waals surface area contributed by atoms with Crippen LogP contribution in [0.5, 0.6) is 0 Å². The van der Waals surface area contributed by atoms with Gasteiger partial charge in [-0.1, -0.05) is 57.5 Å². The average molecular weight is 295 g/mol. The second-order valence-electron chi connectivity index (χ2n) is 4.93. The van der Waals surface area contributed by atoms with E-state index < -0.39 is 8.32 Å². The number of rotatable bonds is 5. The summed E-state index contributed by atoms with van der Waals surface area (Å²) in [6, 6.07) is 0. The highest BCUT2D eigenvalue weighted by molar-refractivity contribution is 9.09. The summed E-state index contributed by atoms with van der Waals surface area (Å²) < 4.78 is 5.82. The number of alkyl halides is 1. The first kappa shape index (κ1) is 15.2. The molecule has 0 amide bonds. The van der Waals surface area contributed by atoms with Gasteiger partial charge in [0, 0.05) is 0 Å². The van der Waals surface area contributed by atoms with Gasteiger partial charge in [-0.05, 0) is 16.6 Å². The summed E-state index contributed by atoms with van der Waals surface area (Å²) in [5.41, 5.74) is 1.38. The maximum absolute atomic E-state index is 11.5. The van der Waals surface area contributed by atoms with Gasteiger partial charge in [-0.2, -0.15) is 0 Å². The van der Waals surface area contributed by atoms with Crippen LogP contribution in [-0.4, -0.2) is 19.6 Å². The molecule has 0 saturated carbocycles. The fourth-order valence-corrected chi connectivity index (χ4v) is 8.08. The van der Waals surface area contributed by atoms with Gasteiger partial charge in [0.05, 0.1) is 5.33 Å². The van der Waals surface area contributed by atoms with E-state index in [0.29, 0.717) is 22.0 Å². The Kier molecular flexibility index (Phi) is 6.11. The van der Waals surface area contributed by atoms with Gasteiger partial charge in [0.2, 0.25) is 0 Å². The maximum Gasteiger partial charge on any atom is 0.303 e. The largest absolute Gasteiger partial charge is 0.518 e. The molecule has 15 heavy (non-hydrogen) atoms. The van der Waals surface area contributed by atoms with Crippen molar-refractivity contribution in [2.24, 2.45) is 0 Å². The molecule has 0 bridgehead atoms. The zero-order valence-corrected chi connectivity index (χ0v) is 13.2. The zero-order valence-electron chi connectivity index (χ0n) is 10.6. The molecule has 0 saturated heterocycles. The van der Waals surface area contributed by atoms with Gasteiger partial charge in [-0.25, -0.2) is 0 Å². The molecule has 4 heteroatoms. The van der Waals surface area contributed by atoms with E-state index in [1.807, 2.05) is 0 Å². The van der Waals surface area contributed by atoms with Crippen molar-refractivity contribution in [2.45, 2.75) is 58.2 Å². The smallest absolute Gasteiger partial charge is 0.303 e. The molecule has 0 atom stereocenters. The normalized spacial score (nSPS) is 12.7. The summed E-state index contributed by atoms with van der Waals surface area (Å²) in [4.78, 5) is 11.5. The summed E-state index contributed by atoms with van der Waals surface area (Å²) in [5.74, 6) is -0.113. The highest BCUT2D eigenvalue weighted by Gasteiger charge is 2.47. The van der Waals surface area contributed by atoms with Crippen molar-refractivity contribution in [1.29, 1.82) is 0 Å². The molecule has 0 aromatic rings. The van der Waals surface area contributed by atoms with Gasteiger partial charge in [-0.3, -0.25) is 4.79 Å². The van der Waals surface area contributed by atoms with Gasteiger partial charge in [0.25, 0.3) is 8.32 Å². The van der Waals surface area contributed by atoms with E-state index in [4.69, 9.17) is 4.43 Å². The van der Waals surface area contributed by atoms with Crippen LogP contribution < -0.4 is 0 Å². The molecule has 0 aliphatic rings. The monoisotopic (exact) mass is 294 g/mol. The molecule has 0 aromatic carbocycles. The van der Waals surface area contributed by atoms with Crippen LogP contribution in [0.3, 0.4) is 0 Å². The molecule has 0 aromatic heterocycles. The number of halogens is 1. The lowest BCUT2D eigenvalue weighted by Crippen LogP contribution is -2.49. The Balaban J connectivity index is 5.05. The predicted molar refractivity (Wildman–Crippen MR) is 70.9 cm³/mol. The van der Waals surface area contributed by atoms with Crippen molar-refractivity contribution in [1.82, 2.24) is 0 Å². The second kappa shape index (κ2) is 6.04. The SMILES string of the molecule is CC(C)[Si](OC(=O)CBr)(C(C)C)C(C)C. The first-order valence-electron chi connectivity index (χ1n) is 5.56. The summed E-state index contributed by atoms with van der Waals surface area (Å²) in [7, 11) is -1.99. The first-order valence-corrected chi connectivity index (χ1v) is 8.83. The Hall–Kier alpha value is 0.167. The van der Waals surface area contributed by atoms with Crippen LogP contribution in [0.4, 0.5) is 0 Å². The van der Waals surface area contributed by atoms with Crippen molar-refractivity contribution >= 4 is 30.2 Å². The van der Waals surface area contributed by atoms with Crippen molar-refractivity contribution in [3.8, 4) is 0 Å². The first-order chi connectivity index (χ1) is 6.78. The van der Waals surface area contributed by atoms with E-state index in [1.165, 1.54) is 0 Å². The lowest BCUT2D eigenvalue weighted by Gasteiger charge is -2.41. The quantitative estimate of drug-likeness (QED) is 0.564. The van der Waals surface area contributed by atoms with Crippen LogP contribution in [0, 0.1) is 0 Å². The van der Waals surface area contributed by atoms with E-state index in [-0.39, 0.29) is 5.97 Å². The van der Waals surface area contributed by atoms with Crippen LogP contribution in [0.2, 0.25) is 16.6 Å². The number of hydrogen-bond donors (Lipinski definition) is 0. The van der Waals surface area contributed by atoms with Crippen LogP contribution in [0.1, 0.15) is 41.5 Å². The summed E-state index contributed by atoms with van der Waals surface area (Å²) in [6.07, 6.45) is 0. The molecule has 0 rings (SSSR count). The molecule has 0 N–H and O–H groups in total. The van der Waals surface area contributed by atoms with E-state index in [9.17, 15) is 4.79 Å². The third-order valence-electron chi connectivity index (χ3n) is 3.11. The van der Waals surface area contributed by atoms with E-state index in [1.54, 1.807) is 0 Å². The molecular weight excluding hydrogens is 272 g/mol. The Morgan fingerprint density at radius 2 is 1.40 bits per heavy atom. The van der Waals surface area contributed by atoms with Gasteiger partial charge in [0.15, 0.2) is 0 Å². The van der Waals surface area contributed by atoms with Gasteiger partial charge >= 0.3 is 5.97 Å². The minimum Gasteiger partial charge on any atom is -0.518 e. The Bertz CT molecular complexity index is 193. The van der Waals surface area contributed by atoms with Crippen molar-refractivity contribution in [3.63, 3.8) is 0 Å². The second-order valence-corrected chi connectivity index (χ2v) is 10.9. The van der Waals surface area contributed by atoms with E-state index in [2.05, 4.69) is 57.5 Å². The third-order valence-corrected chi connectivity index (χ3v) is 9.56. The highest BCUT2D eigenvalue weighted by Crippen LogP contribution is 2.42. The van der Waals surface area contributed by atoms with Crippen LogP contribution >= 0.6 is 15.9 Å². The Labute approximate surface area is 103 Å². The van der Waals surface area contributed by atoms with E-state index >= 15 is 0 Å². The lowest BCUT2D eigenvalue weighted by atomic mass is 10.5. The number of carbonyl (C=O) groups is 1. The molecule has 90 valence electrons. The Morgan fingerprint density at radius 1 is 1.07 bits per heavy atom. The maximum atomic E-state index is 11.5. The molecule has 0 unspecified atom stereocenters. The topological polar surface area (TPSA) is 26.3 Å². The average Bonchev–Trinajstić information content (AvgIpc) is 2.11. The summed E-state index contributed by atoms with van der Waals surface area (Å²) >= 11 is 3.16. The number of carbonyl (C=O) groups excluding carboxylic acids is 1. The Morgan fingerprint density at radius 3 is 1.60 bits per heavy atom.